The molecule has 0 radical (unpaired) electrons. The van der Waals surface area contributed by atoms with Gasteiger partial charge in [0.15, 0.2) is 0 Å². The van der Waals surface area contributed by atoms with Gasteiger partial charge < -0.3 is 4.98 Å². The molecule has 1 aliphatic rings. The minimum atomic E-state index is -0.719. The first-order valence-electron chi connectivity index (χ1n) is 21.3. The second-order valence-corrected chi connectivity index (χ2v) is 18.5. The maximum Gasteiger partial charge on any atom is 2.00 e. The number of pyridine rings is 1. The van der Waals surface area contributed by atoms with Gasteiger partial charge in [0.05, 0.1) is 22.1 Å². The molecule has 7 aromatic carbocycles. The molecule has 1 aliphatic carbocycles. The summed E-state index contributed by atoms with van der Waals surface area (Å²) in [5.74, 6) is 0.853. The molecular weight excluding hydrogens is 936 g/mol. The van der Waals surface area contributed by atoms with Crippen molar-refractivity contribution in [2.75, 3.05) is 0 Å². The summed E-state index contributed by atoms with van der Waals surface area (Å²) in [5, 5.41) is 2.28. The number of benzene rings is 7. The maximum absolute atomic E-state index is 5.59. The maximum atomic E-state index is 5.59. The van der Waals surface area contributed by atoms with Gasteiger partial charge in [0.1, 0.15) is 5.82 Å². The molecule has 1 unspecified atom stereocenters. The van der Waals surface area contributed by atoms with Crippen LogP contribution in [0.5, 0.6) is 0 Å². The van der Waals surface area contributed by atoms with Gasteiger partial charge in [0.2, 0.25) is 0 Å². The van der Waals surface area contributed by atoms with Crippen molar-refractivity contribution >= 4 is 32.8 Å². The van der Waals surface area contributed by atoms with E-state index in [9.17, 15) is 0 Å². The van der Waals surface area contributed by atoms with E-state index in [0.29, 0.717) is 0 Å². The molecule has 0 fully saturated rings. The molecule has 10 aromatic rings. The second-order valence-electron chi connectivity index (χ2n) is 18.5. The largest absolute Gasteiger partial charge is 2.00 e. The van der Waals surface area contributed by atoms with Gasteiger partial charge in [-0.05, 0) is 85.3 Å². The zero-order valence-corrected chi connectivity index (χ0v) is 38.0. The third kappa shape index (κ3) is 5.98. The van der Waals surface area contributed by atoms with Gasteiger partial charge in [-0.3, -0.25) is 9.55 Å². The summed E-state index contributed by atoms with van der Waals surface area (Å²) in [4.78, 5) is 16.0. The Morgan fingerprint density at radius 2 is 1.32 bits per heavy atom. The van der Waals surface area contributed by atoms with Crippen LogP contribution >= 0.6 is 0 Å². The molecule has 0 saturated carbocycles. The van der Waals surface area contributed by atoms with Crippen LogP contribution in [0.15, 0.2) is 170 Å². The van der Waals surface area contributed by atoms with Crippen LogP contribution in [0.4, 0.5) is 0 Å². The molecular formula is C57H46N4Pt. The average molecular weight is 982 g/mol. The van der Waals surface area contributed by atoms with E-state index in [4.69, 9.17) is 15.0 Å². The first-order valence-corrected chi connectivity index (χ1v) is 21.3. The Morgan fingerprint density at radius 1 is 0.597 bits per heavy atom. The van der Waals surface area contributed by atoms with E-state index >= 15 is 0 Å². The third-order valence-electron chi connectivity index (χ3n) is 12.8. The van der Waals surface area contributed by atoms with E-state index in [1.807, 2.05) is 12.3 Å². The summed E-state index contributed by atoms with van der Waals surface area (Å²) in [7, 11) is 0. The predicted molar refractivity (Wildman–Crippen MR) is 252 cm³/mol. The molecule has 11 rings (SSSR count). The van der Waals surface area contributed by atoms with Crippen LogP contribution in [0.1, 0.15) is 75.1 Å². The van der Waals surface area contributed by atoms with Crippen molar-refractivity contribution in [3.05, 3.63) is 210 Å². The van der Waals surface area contributed by atoms with Crippen LogP contribution in [0.3, 0.4) is 0 Å². The van der Waals surface area contributed by atoms with Gasteiger partial charge >= 0.3 is 21.1 Å². The molecule has 0 spiro atoms. The number of rotatable bonds is 5. The average Bonchev–Trinajstić information content (AvgIpc) is 3.95. The minimum Gasteiger partial charge on any atom is -0.656 e. The summed E-state index contributed by atoms with van der Waals surface area (Å²) in [5.41, 5.74) is 16.8. The van der Waals surface area contributed by atoms with E-state index in [2.05, 4.69) is 210 Å². The third-order valence-corrected chi connectivity index (χ3v) is 12.8. The van der Waals surface area contributed by atoms with Crippen molar-refractivity contribution in [1.29, 1.82) is 0 Å². The van der Waals surface area contributed by atoms with Crippen LogP contribution in [-0.2, 0) is 37.3 Å². The Labute approximate surface area is 378 Å². The SMILES string of the molecule is CC(C)(C)c1ccc2c(c1)-c1c(C(C)(C)C)cccc1C2(c1[c-]c(-c2cccc3c2nc(-c2cccc4c2[n-]c2ccccc24)n3-c2ccccc2)ccc1)c1ccccn1.[Pt+2]. The number of aromatic nitrogens is 4. The number of hydrogen-bond donors (Lipinski definition) is 0. The number of nitrogens with zero attached hydrogens (tertiary/aromatic N) is 4. The van der Waals surface area contributed by atoms with E-state index in [0.717, 1.165) is 72.3 Å². The minimum absolute atomic E-state index is 0. The zero-order chi connectivity index (χ0) is 41.7. The molecule has 3 heterocycles. The molecule has 1 atom stereocenters. The van der Waals surface area contributed by atoms with Crippen molar-refractivity contribution in [3.8, 4) is 39.3 Å². The Morgan fingerprint density at radius 3 is 2.11 bits per heavy atom. The Kier molecular flexibility index (Phi) is 9.39. The summed E-state index contributed by atoms with van der Waals surface area (Å²) in [6.07, 6.45) is 1.93. The van der Waals surface area contributed by atoms with Gasteiger partial charge in [0.25, 0.3) is 0 Å². The monoisotopic (exact) mass is 981 g/mol. The first-order chi connectivity index (χ1) is 29.5. The molecule has 5 heteroatoms. The normalized spacial score (nSPS) is 14.9. The molecule has 62 heavy (non-hydrogen) atoms. The second kappa shape index (κ2) is 14.6. The van der Waals surface area contributed by atoms with E-state index in [-0.39, 0.29) is 31.9 Å². The fourth-order valence-electron chi connectivity index (χ4n) is 9.92. The van der Waals surface area contributed by atoms with Crippen molar-refractivity contribution in [2.24, 2.45) is 0 Å². The van der Waals surface area contributed by atoms with E-state index < -0.39 is 5.41 Å². The van der Waals surface area contributed by atoms with E-state index in [1.54, 1.807) is 0 Å². The Balaban J connectivity index is 0.00000458. The fraction of sp³-hybridized carbons (Fsp3) is 0.158. The van der Waals surface area contributed by atoms with Crippen molar-refractivity contribution in [3.63, 3.8) is 0 Å². The van der Waals surface area contributed by atoms with Gasteiger partial charge in [0, 0.05) is 17.4 Å². The molecule has 0 amide bonds. The molecule has 304 valence electrons. The van der Waals surface area contributed by atoms with Crippen LogP contribution in [0, 0.1) is 6.07 Å². The quantitative estimate of drug-likeness (QED) is 0.161. The Bertz CT molecular complexity index is 3330. The molecule has 0 aliphatic heterocycles. The predicted octanol–water partition coefficient (Wildman–Crippen LogP) is 13.8. The topological polar surface area (TPSA) is 44.8 Å². The molecule has 3 aromatic heterocycles. The molecule has 0 bridgehead atoms. The first kappa shape index (κ1) is 39.8. The number of hydrogen-bond acceptors (Lipinski definition) is 2. The standard InChI is InChI=1S/C57H46N4.Pt/c1-55(2,3)37-31-32-45-44(35-37)51-46(56(4,5)6)26-17-27-47(51)57(45,50-30-12-13-33-58-50)38-19-14-18-36(34-38)40-23-16-29-49-53(40)60-54(61(49)39-20-8-7-9-21-39)43-25-15-24-42-41-22-10-11-28-48(41)59-52(42)43;/h7-33,35H,1-6H3;/q-2;+2. The summed E-state index contributed by atoms with van der Waals surface area (Å²) in [6, 6.07) is 62.9. The molecule has 4 nitrogen and oxygen atoms in total. The van der Waals surface area contributed by atoms with Crippen molar-refractivity contribution < 1.29 is 21.1 Å². The van der Waals surface area contributed by atoms with Gasteiger partial charge in [-0.15, -0.1) is 46.4 Å². The summed E-state index contributed by atoms with van der Waals surface area (Å²) in [6.45, 7) is 13.9. The molecule has 0 saturated heterocycles. The van der Waals surface area contributed by atoms with Crippen LogP contribution in [-0.4, -0.2) is 14.5 Å². The number of imidazole rings is 1. The van der Waals surface area contributed by atoms with E-state index in [1.165, 1.54) is 33.4 Å². The van der Waals surface area contributed by atoms with Crippen LogP contribution in [0.2, 0.25) is 0 Å². The van der Waals surface area contributed by atoms with Crippen molar-refractivity contribution in [2.45, 2.75) is 57.8 Å². The van der Waals surface area contributed by atoms with Crippen molar-refractivity contribution in [1.82, 2.24) is 19.5 Å². The number of para-hydroxylation sites is 4. The van der Waals surface area contributed by atoms with Gasteiger partial charge in [-0.2, -0.15) is 0 Å². The zero-order valence-electron chi connectivity index (χ0n) is 35.8. The Hall–Kier alpha value is -6.35. The molecule has 0 N–H and O–H groups in total. The fourth-order valence-corrected chi connectivity index (χ4v) is 9.92. The number of fused-ring (bicyclic) bond motifs is 7. The van der Waals surface area contributed by atoms with Crippen LogP contribution < -0.4 is 4.98 Å². The summed E-state index contributed by atoms with van der Waals surface area (Å²) < 4.78 is 2.29. The summed E-state index contributed by atoms with van der Waals surface area (Å²) >= 11 is 0. The smallest absolute Gasteiger partial charge is 0.656 e. The van der Waals surface area contributed by atoms with Gasteiger partial charge in [-0.1, -0.05) is 162 Å². The van der Waals surface area contributed by atoms with Crippen LogP contribution in [0.25, 0.3) is 72.2 Å². The van der Waals surface area contributed by atoms with Gasteiger partial charge in [-0.25, -0.2) is 4.98 Å².